The molecule has 4 heterocycles. The van der Waals surface area contributed by atoms with Crippen molar-refractivity contribution in [2.75, 3.05) is 6.54 Å². The number of amides is 3. The van der Waals surface area contributed by atoms with Gasteiger partial charge in [0.05, 0.1) is 36.4 Å². The predicted molar refractivity (Wildman–Crippen MR) is 262 cm³/mol. The molecule has 0 aliphatic carbocycles. The van der Waals surface area contributed by atoms with E-state index in [1.807, 2.05) is 13.8 Å². The van der Waals surface area contributed by atoms with Crippen LogP contribution in [-0.2, 0) is 40.3 Å². The summed E-state index contributed by atoms with van der Waals surface area (Å²) in [6.07, 6.45) is 12.5. The zero-order valence-electron chi connectivity index (χ0n) is 41.8. The van der Waals surface area contributed by atoms with Crippen molar-refractivity contribution < 1.29 is 64.1 Å². The molecule has 16 heteroatoms. The number of carbonyl (C=O) groups excluding carboxylic acids is 3. The molecule has 5 atom stereocenters. The van der Waals surface area contributed by atoms with E-state index in [0.717, 1.165) is 25.7 Å². The standard InChI is InChI=1S/C54H71N3O13/c1-30(2)14-9-16-32(5)18-11-21-53(7)43(60)26-36-41(58)24-34-38(46(36)69-53)28-56(49(34)63)23-13-20-40(48(62)55-45(51(65)66)52(67)68)57-29-39-35(50(57)64)25-42(59)37-27-44(61)54(8,70-47(37)39)22-12-19-33(6)17-10-15-31(3)4/h14-15,18-19,24-25,40,43-45,58-61H,9-13,16-17,20-23,26-29H2,1-8H3,(H,55,62)(H,65,66)(H,67,68)/b32-18+,33-19+/t40-,43-,44-,53+,54+/m0/s1. The maximum absolute atomic E-state index is 14.3. The molecule has 4 aliphatic heterocycles. The summed E-state index contributed by atoms with van der Waals surface area (Å²) in [5, 5.41) is 66.4. The number of nitrogens with one attached hydrogen (secondary N) is 1. The third kappa shape index (κ3) is 11.7. The van der Waals surface area contributed by atoms with Crippen molar-refractivity contribution in [1.29, 1.82) is 0 Å². The van der Waals surface area contributed by atoms with Gasteiger partial charge in [-0.05, 0) is 132 Å². The number of benzene rings is 2. The lowest BCUT2D eigenvalue weighted by Gasteiger charge is -2.41. The third-order valence-corrected chi connectivity index (χ3v) is 14.3. The number of allylic oxidation sites excluding steroid dienone is 8. The van der Waals surface area contributed by atoms with Crippen LogP contribution >= 0.6 is 0 Å². The molecule has 0 bridgehead atoms. The van der Waals surface area contributed by atoms with Crippen LogP contribution in [0.3, 0.4) is 0 Å². The molecule has 6 rings (SSSR count). The van der Waals surface area contributed by atoms with Crippen LogP contribution in [0.2, 0.25) is 0 Å². The highest BCUT2D eigenvalue weighted by molar-refractivity contribution is 6.05. The Bertz CT molecular complexity index is 2500. The number of fused-ring (bicyclic) bond motifs is 6. The van der Waals surface area contributed by atoms with E-state index >= 15 is 0 Å². The molecule has 0 spiro atoms. The van der Waals surface area contributed by atoms with Gasteiger partial charge in [0.1, 0.15) is 40.2 Å². The Balaban J connectivity index is 1.20. The largest absolute Gasteiger partial charge is 0.508 e. The maximum Gasteiger partial charge on any atom is 0.338 e. The first-order chi connectivity index (χ1) is 32.9. The van der Waals surface area contributed by atoms with Crippen LogP contribution in [-0.4, -0.2) is 112 Å². The molecule has 0 unspecified atom stereocenters. The first-order valence-electron chi connectivity index (χ1n) is 24.4. The highest BCUT2D eigenvalue weighted by atomic mass is 16.5. The number of aromatic hydroxyl groups is 2. The first kappa shape index (κ1) is 53.2. The lowest BCUT2D eigenvalue weighted by molar-refractivity contribution is -0.153. The minimum absolute atomic E-state index is 0.0253. The van der Waals surface area contributed by atoms with Gasteiger partial charge < -0.3 is 55.2 Å². The number of nitrogens with zero attached hydrogens (tertiary/aromatic N) is 2. The monoisotopic (exact) mass is 969 g/mol. The number of ether oxygens (including phenoxy) is 2. The van der Waals surface area contributed by atoms with E-state index in [1.165, 1.54) is 44.2 Å². The van der Waals surface area contributed by atoms with E-state index in [4.69, 9.17) is 9.47 Å². The van der Waals surface area contributed by atoms with Gasteiger partial charge in [-0.15, -0.1) is 0 Å². The molecule has 16 nitrogen and oxygen atoms in total. The van der Waals surface area contributed by atoms with Gasteiger partial charge in [0.2, 0.25) is 11.9 Å². The summed E-state index contributed by atoms with van der Waals surface area (Å²) in [5.41, 5.74) is 4.62. The molecular formula is C54H71N3O13. The van der Waals surface area contributed by atoms with E-state index in [2.05, 4.69) is 64.2 Å². The number of aliphatic carboxylic acids is 2. The number of carbonyl (C=O) groups is 5. The summed E-state index contributed by atoms with van der Waals surface area (Å²) in [4.78, 5) is 68.9. The lowest BCUT2D eigenvalue weighted by atomic mass is 9.84. The Morgan fingerprint density at radius 1 is 0.700 bits per heavy atom. The number of rotatable bonds is 21. The average Bonchev–Trinajstić information content (AvgIpc) is 3.76. The Morgan fingerprint density at radius 3 is 1.61 bits per heavy atom. The summed E-state index contributed by atoms with van der Waals surface area (Å²) >= 11 is 0. The fourth-order valence-electron chi connectivity index (χ4n) is 9.88. The van der Waals surface area contributed by atoms with E-state index in [9.17, 15) is 54.6 Å². The van der Waals surface area contributed by atoms with Gasteiger partial charge in [-0.25, -0.2) is 9.59 Å². The summed E-state index contributed by atoms with van der Waals surface area (Å²) in [6, 6.07) is -1.14. The quantitative estimate of drug-likeness (QED) is 0.0472. The Morgan fingerprint density at radius 2 is 1.16 bits per heavy atom. The second-order valence-corrected chi connectivity index (χ2v) is 20.5. The minimum atomic E-state index is -2.33. The van der Waals surface area contributed by atoms with Crippen LogP contribution in [0.5, 0.6) is 23.0 Å². The van der Waals surface area contributed by atoms with Crippen molar-refractivity contribution in [2.45, 2.75) is 181 Å². The number of carboxylic acid groups (broad SMARTS) is 2. The van der Waals surface area contributed by atoms with Crippen molar-refractivity contribution in [3.05, 3.63) is 92.1 Å². The molecular weight excluding hydrogens is 899 g/mol. The number of aliphatic hydroxyl groups excluding tert-OH is 2. The number of phenols is 2. The van der Waals surface area contributed by atoms with E-state index in [-0.39, 0.29) is 73.7 Å². The molecule has 380 valence electrons. The van der Waals surface area contributed by atoms with Crippen molar-refractivity contribution in [3.8, 4) is 23.0 Å². The Hall–Kier alpha value is -6.13. The number of carboxylic acids is 2. The van der Waals surface area contributed by atoms with E-state index < -0.39 is 65.2 Å². The number of hydrogen-bond acceptors (Lipinski definition) is 11. The molecule has 2 aromatic carbocycles. The van der Waals surface area contributed by atoms with Crippen molar-refractivity contribution in [3.63, 3.8) is 0 Å². The van der Waals surface area contributed by atoms with Crippen LogP contribution in [0.15, 0.2) is 58.7 Å². The van der Waals surface area contributed by atoms with Gasteiger partial charge in [0.25, 0.3) is 11.8 Å². The molecule has 2 aromatic rings. The van der Waals surface area contributed by atoms with E-state index in [0.29, 0.717) is 53.7 Å². The zero-order chi connectivity index (χ0) is 51.4. The van der Waals surface area contributed by atoms with Crippen LogP contribution in [0, 0.1) is 0 Å². The van der Waals surface area contributed by atoms with Crippen LogP contribution in [0.25, 0.3) is 0 Å². The third-order valence-electron chi connectivity index (χ3n) is 14.3. The molecule has 0 fully saturated rings. The predicted octanol–water partition coefficient (Wildman–Crippen LogP) is 7.57. The highest BCUT2D eigenvalue weighted by Crippen LogP contribution is 2.48. The highest BCUT2D eigenvalue weighted by Gasteiger charge is 2.47. The normalized spacial score (nSPS) is 22.1. The van der Waals surface area contributed by atoms with Gasteiger partial charge in [-0.1, -0.05) is 46.6 Å². The molecule has 4 aliphatic rings. The minimum Gasteiger partial charge on any atom is -0.508 e. The fourth-order valence-corrected chi connectivity index (χ4v) is 9.88. The Kier molecular flexibility index (Phi) is 16.6. The second-order valence-electron chi connectivity index (χ2n) is 20.5. The number of phenolic OH excluding ortho intramolecular Hbond substituents is 2. The number of aliphatic hydroxyl groups is 2. The number of hydrogen-bond donors (Lipinski definition) is 7. The molecule has 0 saturated heterocycles. The summed E-state index contributed by atoms with van der Waals surface area (Å²) in [5.74, 6) is -5.72. The molecule has 0 saturated carbocycles. The second kappa shape index (κ2) is 21.9. The summed E-state index contributed by atoms with van der Waals surface area (Å²) in [6.45, 7) is 15.8. The zero-order valence-corrected chi connectivity index (χ0v) is 41.8. The van der Waals surface area contributed by atoms with Gasteiger partial charge in [0, 0.05) is 41.6 Å². The van der Waals surface area contributed by atoms with Gasteiger partial charge in [-0.2, -0.15) is 0 Å². The molecule has 7 N–H and O–H groups in total. The Labute approximate surface area is 410 Å². The van der Waals surface area contributed by atoms with Crippen molar-refractivity contribution >= 4 is 29.7 Å². The SMILES string of the molecule is CC(C)=CCC/C(C)=C/CC[C@@]1(C)Oc2c(c(O)cc3c2CN(CCC[C@@H](C(=O)NC(C(=O)O)C(=O)O)N2Cc4c(cc(O)c5c4O[C@](C)(CC/C=C(\C)CCC=C(C)C)[C@@H](O)C5)C2=O)C3=O)C[C@@H]1O. The average molecular weight is 970 g/mol. The summed E-state index contributed by atoms with van der Waals surface area (Å²) in [7, 11) is 0. The summed E-state index contributed by atoms with van der Waals surface area (Å²) < 4.78 is 13.1. The van der Waals surface area contributed by atoms with Crippen LogP contribution < -0.4 is 14.8 Å². The van der Waals surface area contributed by atoms with E-state index in [1.54, 1.807) is 6.92 Å². The first-order valence-corrected chi connectivity index (χ1v) is 24.4. The molecule has 0 radical (unpaired) electrons. The maximum atomic E-state index is 14.3. The van der Waals surface area contributed by atoms with Gasteiger partial charge >= 0.3 is 11.9 Å². The molecule has 3 amide bonds. The van der Waals surface area contributed by atoms with Gasteiger partial charge in [0.15, 0.2) is 0 Å². The van der Waals surface area contributed by atoms with Gasteiger partial charge in [-0.3, -0.25) is 14.4 Å². The lowest BCUT2D eigenvalue weighted by Crippen LogP contribution is -2.54. The molecule has 0 aromatic heterocycles. The van der Waals surface area contributed by atoms with Crippen LogP contribution in [0.1, 0.15) is 163 Å². The fraction of sp³-hybridized carbons (Fsp3) is 0.537. The van der Waals surface area contributed by atoms with Crippen LogP contribution in [0.4, 0.5) is 0 Å². The van der Waals surface area contributed by atoms with Crippen molar-refractivity contribution in [1.82, 2.24) is 15.1 Å². The van der Waals surface area contributed by atoms with Crippen molar-refractivity contribution in [2.24, 2.45) is 0 Å². The molecule has 70 heavy (non-hydrogen) atoms. The topological polar surface area (TPSA) is 244 Å². The smallest absolute Gasteiger partial charge is 0.338 e.